The number of piperidine rings is 1. The Kier molecular flexibility index (Phi) is 6.60. The number of nitrogens with zero attached hydrogens (tertiary/aromatic N) is 3. The number of ether oxygens (including phenoxy) is 1. The molecule has 120 valence electrons. The van der Waals surface area contributed by atoms with Gasteiger partial charge in [-0.3, -0.25) is 4.90 Å². The van der Waals surface area contributed by atoms with E-state index in [2.05, 4.69) is 28.9 Å². The van der Waals surface area contributed by atoms with Gasteiger partial charge in [-0.05, 0) is 31.7 Å². The molecule has 0 aliphatic carbocycles. The van der Waals surface area contributed by atoms with Gasteiger partial charge in [-0.15, -0.1) is 0 Å². The predicted octanol–water partition coefficient (Wildman–Crippen LogP) is 1.60. The normalized spacial score (nSPS) is 17.7. The Labute approximate surface area is 127 Å². The molecule has 0 amide bonds. The summed E-state index contributed by atoms with van der Waals surface area (Å²) < 4.78 is 11.1. The second kappa shape index (κ2) is 8.46. The highest BCUT2D eigenvalue weighted by Crippen LogP contribution is 2.16. The number of rotatable bonds is 8. The van der Waals surface area contributed by atoms with E-state index >= 15 is 0 Å². The first-order valence-corrected chi connectivity index (χ1v) is 8.03. The molecule has 0 bridgehead atoms. The molecule has 0 atom stereocenters. The molecule has 1 saturated heterocycles. The van der Waals surface area contributed by atoms with E-state index in [9.17, 15) is 0 Å². The van der Waals surface area contributed by atoms with Crippen molar-refractivity contribution in [2.45, 2.75) is 52.2 Å². The third-order valence-corrected chi connectivity index (χ3v) is 3.69. The van der Waals surface area contributed by atoms with E-state index in [4.69, 9.17) is 15.0 Å². The van der Waals surface area contributed by atoms with Crippen molar-refractivity contribution >= 4 is 0 Å². The molecule has 6 heteroatoms. The molecule has 2 rings (SSSR count). The molecule has 0 saturated carbocycles. The summed E-state index contributed by atoms with van der Waals surface area (Å²) in [7, 11) is 0. The van der Waals surface area contributed by atoms with E-state index in [1.165, 1.54) is 0 Å². The van der Waals surface area contributed by atoms with Crippen molar-refractivity contribution in [3.05, 3.63) is 11.7 Å². The molecule has 1 fully saturated rings. The third kappa shape index (κ3) is 5.73. The van der Waals surface area contributed by atoms with Crippen LogP contribution in [-0.2, 0) is 17.7 Å². The standard InChI is InChI=1S/C15H28N4O2/c1-12(2)10-15-17-14(18-21-15)11-19-7-4-13(5-8-19)20-9-3-6-16/h12-13H,3-11,16H2,1-2H3. The van der Waals surface area contributed by atoms with E-state index in [1.54, 1.807) is 0 Å². The molecule has 0 radical (unpaired) electrons. The Hall–Kier alpha value is -0.980. The van der Waals surface area contributed by atoms with Crippen LogP contribution in [0.2, 0.25) is 0 Å². The Morgan fingerprint density at radius 2 is 2.14 bits per heavy atom. The van der Waals surface area contributed by atoms with Crippen LogP contribution in [0.5, 0.6) is 0 Å². The van der Waals surface area contributed by atoms with Gasteiger partial charge in [-0.2, -0.15) is 4.98 Å². The van der Waals surface area contributed by atoms with E-state index in [1.807, 2.05) is 0 Å². The van der Waals surface area contributed by atoms with Gasteiger partial charge in [0.25, 0.3) is 0 Å². The largest absolute Gasteiger partial charge is 0.378 e. The fourth-order valence-electron chi connectivity index (χ4n) is 2.55. The van der Waals surface area contributed by atoms with Crippen LogP contribution in [0.15, 0.2) is 4.52 Å². The highest BCUT2D eigenvalue weighted by atomic mass is 16.5. The summed E-state index contributed by atoms with van der Waals surface area (Å²) in [6, 6.07) is 0. The van der Waals surface area contributed by atoms with Crippen LogP contribution in [0.3, 0.4) is 0 Å². The maximum Gasteiger partial charge on any atom is 0.226 e. The van der Waals surface area contributed by atoms with Gasteiger partial charge in [0.15, 0.2) is 5.82 Å². The molecule has 2 N–H and O–H groups in total. The molecule has 1 aromatic heterocycles. The molecule has 2 heterocycles. The lowest BCUT2D eigenvalue weighted by atomic mass is 10.1. The van der Waals surface area contributed by atoms with Gasteiger partial charge in [0, 0.05) is 26.1 Å². The van der Waals surface area contributed by atoms with Gasteiger partial charge in [-0.25, -0.2) is 0 Å². The summed E-state index contributed by atoms with van der Waals surface area (Å²) in [6.45, 7) is 8.62. The predicted molar refractivity (Wildman–Crippen MR) is 80.8 cm³/mol. The maximum absolute atomic E-state index is 5.81. The quantitative estimate of drug-likeness (QED) is 0.734. The van der Waals surface area contributed by atoms with Crippen molar-refractivity contribution in [2.75, 3.05) is 26.2 Å². The number of hydrogen-bond acceptors (Lipinski definition) is 6. The van der Waals surface area contributed by atoms with Crippen LogP contribution in [0.4, 0.5) is 0 Å². The monoisotopic (exact) mass is 296 g/mol. The zero-order chi connectivity index (χ0) is 15.1. The van der Waals surface area contributed by atoms with Crippen molar-refractivity contribution < 1.29 is 9.26 Å². The molecule has 1 aliphatic heterocycles. The number of aromatic nitrogens is 2. The van der Waals surface area contributed by atoms with Crippen LogP contribution in [0.25, 0.3) is 0 Å². The molecule has 1 aromatic rings. The molecule has 21 heavy (non-hydrogen) atoms. The minimum Gasteiger partial charge on any atom is -0.378 e. The number of nitrogens with two attached hydrogens (primary N) is 1. The second-order valence-corrected chi connectivity index (χ2v) is 6.19. The van der Waals surface area contributed by atoms with Crippen LogP contribution in [-0.4, -0.2) is 47.4 Å². The Balaban J connectivity index is 1.69. The zero-order valence-corrected chi connectivity index (χ0v) is 13.3. The van der Waals surface area contributed by atoms with Gasteiger partial charge >= 0.3 is 0 Å². The van der Waals surface area contributed by atoms with E-state index in [-0.39, 0.29) is 0 Å². The highest BCUT2D eigenvalue weighted by Gasteiger charge is 2.21. The highest BCUT2D eigenvalue weighted by molar-refractivity contribution is 4.88. The van der Waals surface area contributed by atoms with Gasteiger partial charge in [0.1, 0.15) is 0 Å². The van der Waals surface area contributed by atoms with Crippen molar-refractivity contribution in [3.63, 3.8) is 0 Å². The Morgan fingerprint density at radius 3 is 2.81 bits per heavy atom. The lowest BCUT2D eigenvalue weighted by molar-refractivity contribution is 0.00505. The van der Waals surface area contributed by atoms with Crippen LogP contribution in [0.1, 0.15) is 44.8 Å². The lowest BCUT2D eigenvalue weighted by Crippen LogP contribution is -2.37. The van der Waals surface area contributed by atoms with Crippen molar-refractivity contribution in [2.24, 2.45) is 11.7 Å². The molecule has 0 unspecified atom stereocenters. The first-order chi connectivity index (χ1) is 10.2. The minimum atomic E-state index is 0.384. The molecule has 0 spiro atoms. The number of hydrogen-bond donors (Lipinski definition) is 1. The summed E-state index contributed by atoms with van der Waals surface area (Å²) in [4.78, 5) is 6.83. The average molecular weight is 296 g/mol. The van der Waals surface area contributed by atoms with E-state index < -0.39 is 0 Å². The fourth-order valence-corrected chi connectivity index (χ4v) is 2.55. The number of likely N-dealkylation sites (tertiary alicyclic amines) is 1. The van der Waals surface area contributed by atoms with Crippen molar-refractivity contribution in [3.8, 4) is 0 Å². The van der Waals surface area contributed by atoms with E-state index in [0.29, 0.717) is 18.6 Å². The molecule has 6 nitrogen and oxygen atoms in total. The topological polar surface area (TPSA) is 77.4 Å². The summed E-state index contributed by atoms with van der Waals surface area (Å²) >= 11 is 0. The van der Waals surface area contributed by atoms with Gasteiger partial charge in [-0.1, -0.05) is 19.0 Å². The van der Waals surface area contributed by atoms with Crippen LogP contribution in [0, 0.1) is 5.92 Å². The summed E-state index contributed by atoms with van der Waals surface area (Å²) in [5.74, 6) is 2.09. The smallest absolute Gasteiger partial charge is 0.226 e. The fraction of sp³-hybridized carbons (Fsp3) is 0.867. The second-order valence-electron chi connectivity index (χ2n) is 6.19. The SMILES string of the molecule is CC(C)Cc1nc(CN2CCC(OCCCN)CC2)no1. The minimum absolute atomic E-state index is 0.384. The van der Waals surface area contributed by atoms with E-state index in [0.717, 1.165) is 63.6 Å². The molecule has 0 aromatic carbocycles. The lowest BCUT2D eigenvalue weighted by Gasteiger charge is -2.30. The van der Waals surface area contributed by atoms with Crippen LogP contribution < -0.4 is 5.73 Å². The van der Waals surface area contributed by atoms with Gasteiger partial charge in [0.05, 0.1) is 12.6 Å². The summed E-state index contributed by atoms with van der Waals surface area (Å²) in [6.07, 6.45) is 4.32. The van der Waals surface area contributed by atoms with Crippen LogP contribution >= 0.6 is 0 Å². The molecular formula is C15H28N4O2. The Bertz CT molecular complexity index is 400. The average Bonchev–Trinajstić information content (AvgIpc) is 2.87. The molecular weight excluding hydrogens is 268 g/mol. The zero-order valence-electron chi connectivity index (χ0n) is 13.3. The van der Waals surface area contributed by atoms with Crippen molar-refractivity contribution in [1.29, 1.82) is 0 Å². The van der Waals surface area contributed by atoms with Gasteiger partial charge in [0.2, 0.25) is 5.89 Å². The summed E-state index contributed by atoms with van der Waals surface area (Å²) in [5, 5.41) is 4.07. The molecule has 1 aliphatic rings. The third-order valence-electron chi connectivity index (χ3n) is 3.69. The first kappa shape index (κ1) is 16.4. The maximum atomic E-state index is 5.81. The Morgan fingerprint density at radius 1 is 1.38 bits per heavy atom. The summed E-state index contributed by atoms with van der Waals surface area (Å²) in [5.41, 5.74) is 5.47. The first-order valence-electron chi connectivity index (χ1n) is 8.03. The van der Waals surface area contributed by atoms with Crippen molar-refractivity contribution in [1.82, 2.24) is 15.0 Å². The van der Waals surface area contributed by atoms with Gasteiger partial charge < -0.3 is 15.0 Å².